The van der Waals surface area contributed by atoms with E-state index in [1.54, 1.807) is 7.05 Å². The Hall–Kier alpha value is -1.50. The van der Waals surface area contributed by atoms with Crippen molar-refractivity contribution < 1.29 is 13.2 Å². The number of nitrogens with two attached hydrogens (primary N) is 1. The monoisotopic (exact) mass is 319 g/mol. The SMILES string of the molecule is Cn1ncc(-c2ccc(C(F)(F)F)cc2Br)c1N. The van der Waals surface area contributed by atoms with E-state index < -0.39 is 11.7 Å². The van der Waals surface area contributed by atoms with Crippen LogP contribution in [0.15, 0.2) is 28.9 Å². The molecular formula is C11H9BrF3N3. The maximum absolute atomic E-state index is 12.5. The molecule has 0 amide bonds. The highest BCUT2D eigenvalue weighted by Crippen LogP contribution is 2.37. The van der Waals surface area contributed by atoms with Gasteiger partial charge in [0.25, 0.3) is 0 Å². The van der Waals surface area contributed by atoms with E-state index >= 15 is 0 Å². The summed E-state index contributed by atoms with van der Waals surface area (Å²) < 4.78 is 39.4. The van der Waals surface area contributed by atoms with Gasteiger partial charge in [0.05, 0.1) is 11.8 Å². The lowest BCUT2D eigenvalue weighted by Crippen LogP contribution is -2.04. The first-order valence-electron chi connectivity index (χ1n) is 4.95. The van der Waals surface area contributed by atoms with Crippen molar-refractivity contribution in [3.05, 3.63) is 34.4 Å². The predicted octanol–water partition coefficient (Wildman–Crippen LogP) is 3.45. The average Bonchev–Trinajstić information content (AvgIpc) is 2.59. The van der Waals surface area contributed by atoms with Gasteiger partial charge in [0.15, 0.2) is 0 Å². The van der Waals surface area contributed by atoms with Crippen LogP contribution in [0, 0.1) is 0 Å². The Balaban J connectivity index is 2.52. The second kappa shape index (κ2) is 4.31. The first kappa shape index (κ1) is 12.9. The molecule has 96 valence electrons. The number of hydrogen-bond donors (Lipinski definition) is 1. The average molecular weight is 320 g/mol. The van der Waals surface area contributed by atoms with Crippen LogP contribution in [-0.2, 0) is 13.2 Å². The van der Waals surface area contributed by atoms with E-state index in [0.717, 1.165) is 12.1 Å². The van der Waals surface area contributed by atoms with Gasteiger partial charge in [0.2, 0.25) is 0 Å². The Kier molecular flexibility index (Phi) is 3.10. The number of benzene rings is 1. The Labute approximate surface area is 110 Å². The number of hydrogen-bond acceptors (Lipinski definition) is 2. The van der Waals surface area contributed by atoms with Crippen LogP contribution in [0.4, 0.5) is 19.0 Å². The van der Waals surface area contributed by atoms with Gasteiger partial charge in [-0.25, -0.2) is 0 Å². The third-order valence-corrected chi connectivity index (χ3v) is 3.23. The molecule has 0 fully saturated rings. The van der Waals surface area contributed by atoms with Crippen LogP contribution < -0.4 is 5.73 Å². The molecule has 2 rings (SSSR count). The normalized spacial score (nSPS) is 11.8. The lowest BCUT2D eigenvalue weighted by Gasteiger charge is -2.09. The largest absolute Gasteiger partial charge is 0.416 e. The number of rotatable bonds is 1. The molecule has 0 aliphatic heterocycles. The molecule has 0 radical (unpaired) electrons. The topological polar surface area (TPSA) is 43.8 Å². The molecule has 1 heterocycles. The molecule has 0 aliphatic carbocycles. The highest BCUT2D eigenvalue weighted by molar-refractivity contribution is 9.10. The summed E-state index contributed by atoms with van der Waals surface area (Å²) in [6.07, 6.45) is -2.84. The lowest BCUT2D eigenvalue weighted by atomic mass is 10.1. The van der Waals surface area contributed by atoms with E-state index in [1.807, 2.05) is 0 Å². The first-order chi connectivity index (χ1) is 8.30. The van der Waals surface area contributed by atoms with Gasteiger partial charge in [-0.2, -0.15) is 18.3 Å². The Bertz CT molecular complexity index is 590. The second-order valence-electron chi connectivity index (χ2n) is 3.76. The van der Waals surface area contributed by atoms with Gasteiger partial charge in [-0.05, 0) is 12.1 Å². The summed E-state index contributed by atoms with van der Waals surface area (Å²) in [5, 5.41) is 3.95. The molecule has 2 N–H and O–H groups in total. The maximum atomic E-state index is 12.5. The zero-order valence-electron chi connectivity index (χ0n) is 9.29. The predicted molar refractivity (Wildman–Crippen MR) is 65.8 cm³/mol. The molecule has 0 spiro atoms. The molecule has 1 aromatic heterocycles. The minimum atomic E-state index is -4.36. The quantitative estimate of drug-likeness (QED) is 0.875. The minimum Gasteiger partial charge on any atom is -0.383 e. The van der Waals surface area contributed by atoms with E-state index in [9.17, 15) is 13.2 Å². The van der Waals surface area contributed by atoms with Crippen molar-refractivity contribution in [2.24, 2.45) is 7.05 Å². The lowest BCUT2D eigenvalue weighted by molar-refractivity contribution is -0.137. The summed E-state index contributed by atoms with van der Waals surface area (Å²) >= 11 is 3.13. The van der Waals surface area contributed by atoms with E-state index in [-0.39, 0.29) is 0 Å². The van der Waals surface area contributed by atoms with Gasteiger partial charge in [-0.1, -0.05) is 22.0 Å². The summed E-state index contributed by atoms with van der Waals surface area (Å²) in [7, 11) is 1.66. The summed E-state index contributed by atoms with van der Waals surface area (Å²) in [5.74, 6) is 0.399. The van der Waals surface area contributed by atoms with Crippen molar-refractivity contribution in [2.75, 3.05) is 5.73 Å². The number of aromatic nitrogens is 2. The molecule has 0 unspecified atom stereocenters. The van der Waals surface area contributed by atoms with Gasteiger partial charge >= 0.3 is 6.18 Å². The maximum Gasteiger partial charge on any atom is 0.416 e. The van der Waals surface area contributed by atoms with Crippen LogP contribution >= 0.6 is 15.9 Å². The van der Waals surface area contributed by atoms with E-state index in [1.165, 1.54) is 16.9 Å². The standard InChI is InChI=1S/C11H9BrF3N3/c1-18-10(16)8(5-17-18)7-3-2-6(4-9(7)12)11(13,14)15/h2-5H,16H2,1H3. The first-order valence-corrected chi connectivity index (χ1v) is 5.74. The van der Waals surface area contributed by atoms with Crippen molar-refractivity contribution >= 4 is 21.7 Å². The van der Waals surface area contributed by atoms with Crippen LogP contribution in [0.3, 0.4) is 0 Å². The molecule has 0 aliphatic rings. The highest BCUT2D eigenvalue weighted by atomic mass is 79.9. The number of halogens is 4. The number of aryl methyl sites for hydroxylation is 1. The molecule has 0 atom stereocenters. The molecule has 2 aromatic rings. The molecule has 0 saturated carbocycles. The van der Waals surface area contributed by atoms with Gasteiger partial charge in [-0.3, -0.25) is 4.68 Å². The van der Waals surface area contributed by atoms with Crippen LogP contribution in [0.2, 0.25) is 0 Å². The van der Waals surface area contributed by atoms with Crippen LogP contribution in [0.1, 0.15) is 5.56 Å². The highest BCUT2D eigenvalue weighted by Gasteiger charge is 2.31. The van der Waals surface area contributed by atoms with Crippen molar-refractivity contribution in [1.29, 1.82) is 0 Å². The smallest absolute Gasteiger partial charge is 0.383 e. The van der Waals surface area contributed by atoms with Crippen molar-refractivity contribution in [1.82, 2.24) is 9.78 Å². The van der Waals surface area contributed by atoms with Crippen molar-refractivity contribution in [2.45, 2.75) is 6.18 Å². The fourth-order valence-electron chi connectivity index (χ4n) is 1.56. The van der Waals surface area contributed by atoms with Crippen LogP contribution in [-0.4, -0.2) is 9.78 Å². The molecule has 0 saturated heterocycles. The molecule has 3 nitrogen and oxygen atoms in total. The molecule has 7 heteroatoms. The third-order valence-electron chi connectivity index (χ3n) is 2.57. The summed E-state index contributed by atoms with van der Waals surface area (Å²) in [6.45, 7) is 0. The van der Waals surface area contributed by atoms with Gasteiger partial charge in [-0.15, -0.1) is 0 Å². The summed E-state index contributed by atoms with van der Waals surface area (Å²) in [6, 6.07) is 3.43. The van der Waals surface area contributed by atoms with E-state index in [0.29, 0.717) is 21.4 Å². The number of alkyl halides is 3. The van der Waals surface area contributed by atoms with Gasteiger partial charge < -0.3 is 5.73 Å². The zero-order chi connectivity index (χ0) is 13.5. The molecular weight excluding hydrogens is 311 g/mol. The number of nitrogen functional groups attached to an aromatic ring is 1. The van der Waals surface area contributed by atoms with Crippen LogP contribution in [0.5, 0.6) is 0 Å². The van der Waals surface area contributed by atoms with Crippen molar-refractivity contribution in [3.8, 4) is 11.1 Å². The van der Waals surface area contributed by atoms with Gasteiger partial charge in [0.1, 0.15) is 5.82 Å². The van der Waals surface area contributed by atoms with Crippen molar-refractivity contribution in [3.63, 3.8) is 0 Å². The van der Waals surface area contributed by atoms with Gasteiger partial charge in [0, 0.05) is 22.6 Å². The molecule has 18 heavy (non-hydrogen) atoms. The molecule has 0 bridgehead atoms. The summed E-state index contributed by atoms with van der Waals surface area (Å²) in [5.41, 5.74) is 6.25. The molecule has 1 aromatic carbocycles. The fraction of sp³-hybridized carbons (Fsp3) is 0.182. The van der Waals surface area contributed by atoms with E-state index in [2.05, 4.69) is 21.0 Å². The third kappa shape index (κ3) is 2.22. The van der Waals surface area contributed by atoms with E-state index in [4.69, 9.17) is 5.73 Å². The minimum absolute atomic E-state index is 0.331. The zero-order valence-corrected chi connectivity index (χ0v) is 10.9. The van der Waals surface area contributed by atoms with Crippen LogP contribution in [0.25, 0.3) is 11.1 Å². The number of anilines is 1. The Morgan fingerprint density at radius 3 is 2.39 bits per heavy atom. The number of nitrogens with zero attached hydrogens (tertiary/aromatic N) is 2. The fourth-order valence-corrected chi connectivity index (χ4v) is 2.16. The Morgan fingerprint density at radius 1 is 1.28 bits per heavy atom. The second-order valence-corrected chi connectivity index (χ2v) is 4.61. The summed E-state index contributed by atoms with van der Waals surface area (Å²) in [4.78, 5) is 0. The Morgan fingerprint density at radius 2 is 1.94 bits per heavy atom.